The summed E-state index contributed by atoms with van der Waals surface area (Å²) < 4.78 is 2.02. The number of rotatable bonds is 9. The van der Waals surface area contributed by atoms with Gasteiger partial charge in [-0.1, -0.05) is 79.1 Å². The second kappa shape index (κ2) is 10.8. The van der Waals surface area contributed by atoms with Gasteiger partial charge >= 0.3 is 0 Å². The van der Waals surface area contributed by atoms with E-state index in [0.717, 1.165) is 18.5 Å². The third-order valence-corrected chi connectivity index (χ3v) is 5.86. The maximum atomic E-state index is 12.3. The Hall–Kier alpha value is -2.02. The van der Waals surface area contributed by atoms with Crippen molar-refractivity contribution in [1.82, 2.24) is 20.1 Å². The Kier molecular flexibility index (Phi) is 8.19. The molecule has 1 amide bonds. The van der Waals surface area contributed by atoms with Gasteiger partial charge < -0.3 is 9.88 Å². The fraction of sp³-hybridized carbons (Fsp3) is 0.318. The number of aromatic nitrogens is 3. The summed E-state index contributed by atoms with van der Waals surface area (Å²) in [5, 5.41) is 13.4. The lowest BCUT2D eigenvalue weighted by molar-refractivity contribution is -0.118. The highest BCUT2D eigenvalue weighted by Gasteiger charge is 2.18. The predicted molar refractivity (Wildman–Crippen MR) is 124 cm³/mol. The molecule has 8 heteroatoms. The zero-order valence-electron chi connectivity index (χ0n) is 16.9. The van der Waals surface area contributed by atoms with E-state index in [4.69, 9.17) is 23.2 Å². The van der Waals surface area contributed by atoms with Crippen molar-refractivity contribution in [3.8, 4) is 11.4 Å². The standard InChI is InChI=1S/C22H24Cl2N4OS/c1-15(2)13-28-21(18-9-8-17(23)12-19(18)24)26-27-22(28)30-14-20(29)25-11-10-16-6-4-3-5-7-16/h3-9,12,15H,10-11,13-14H2,1-2H3,(H,25,29). The molecular weight excluding hydrogens is 439 g/mol. The molecule has 0 fully saturated rings. The van der Waals surface area contributed by atoms with Crippen LogP contribution in [0, 0.1) is 5.92 Å². The van der Waals surface area contributed by atoms with Crippen LogP contribution in [0.1, 0.15) is 19.4 Å². The number of carbonyl (C=O) groups is 1. The lowest BCUT2D eigenvalue weighted by Crippen LogP contribution is -2.27. The first-order valence-corrected chi connectivity index (χ1v) is 11.5. The van der Waals surface area contributed by atoms with Crippen molar-refractivity contribution < 1.29 is 4.79 Å². The van der Waals surface area contributed by atoms with E-state index in [9.17, 15) is 4.79 Å². The second-order valence-corrected chi connectivity index (χ2v) is 9.10. The zero-order valence-corrected chi connectivity index (χ0v) is 19.3. The van der Waals surface area contributed by atoms with Gasteiger partial charge in [-0.05, 0) is 36.1 Å². The Morgan fingerprint density at radius 2 is 1.90 bits per heavy atom. The van der Waals surface area contributed by atoms with Crippen LogP contribution in [0.2, 0.25) is 10.0 Å². The van der Waals surface area contributed by atoms with E-state index in [-0.39, 0.29) is 11.7 Å². The summed E-state index contributed by atoms with van der Waals surface area (Å²) in [6.45, 7) is 5.57. The van der Waals surface area contributed by atoms with Crippen LogP contribution in [0.15, 0.2) is 53.7 Å². The molecule has 0 spiro atoms. The number of benzene rings is 2. The molecule has 0 atom stereocenters. The highest BCUT2D eigenvalue weighted by atomic mass is 35.5. The van der Waals surface area contributed by atoms with Crippen LogP contribution in [-0.4, -0.2) is 33.0 Å². The highest BCUT2D eigenvalue weighted by molar-refractivity contribution is 7.99. The molecule has 1 heterocycles. The van der Waals surface area contributed by atoms with Crippen molar-refractivity contribution in [2.45, 2.75) is 32.0 Å². The molecule has 0 aliphatic heterocycles. The van der Waals surface area contributed by atoms with Crippen molar-refractivity contribution in [3.63, 3.8) is 0 Å². The molecule has 0 unspecified atom stereocenters. The maximum absolute atomic E-state index is 12.3. The van der Waals surface area contributed by atoms with E-state index in [1.165, 1.54) is 17.3 Å². The van der Waals surface area contributed by atoms with Crippen LogP contribution in [0.25, 0.3) is 11.4 Å². The van der Waals surface area contributed by atoms with Gasteiger partial charge in [-0.25, -0.2) is 0 Å². The quantitative estimate of drug-likeness (QED) is 0.434. The average molecular weight is 463 g/mol. The number of hydrogen-bond donors (Lipinski definition) is 1. The third kappa shape index (κ3) is 6.24. The van der Waals surface area contributed by atoms with Crippen LogP contribution in [0.5, 0.6) is 0 Å². The van der Waals surface area contributed by atoms with Crippen LogP contribution in [-0.2, 0) is 17.8 Å². The summed E-state index contributed by atoms with van der Waals surface area (Å²) in [6, 6.07) is 15.4. The molecule has 158 valence electrons. The number of nitrogens with one attached hydrogen (secondary N) is 1. The Morgan fingerprint density at radius 3 is 2.60 bits per heavy atom. The summed E-state index contributed by atoms with van der Waals surface area (Å²) in [7, 11) is 0. The van der Waals surface area contributed by atoms with Crippen LogP contribution >= 0.6 is 35.0 Å². The molecule has 5 nitrogen and oxygen atoms in total. The molecule has 30 heavy (non-hydrogen) atoms. The van der Waals surface area contributed by atoms with Crippen LogP contribution in [0.3, 0.4) is 0 Å². The van der Waals surface area contributed by atoms with E-state index >= 15 is 0 Å². The van der Waals surface area contributed by atoms with Crippen LogP contribution in [0.4, 0.5) is 0 Å². The van der Waals surface area contributed by atoms with E-state index in [1.54, 1.807) is 12.1 Å². The van der Waals surface area contributed by atoms with Gasteiger partial charge in [0.15, 0.2) is 11.0 Å². The van der Waals surface area contributed by atoms with E-state index in [0.29, 0.717) is 33.5 Å². The minimum Gasteiger partial charge on any atom is -0.355 e. The number of amides is 1. The van der Waals surface area contributed by atoms with Crippen molar-refractivity contribution in [1.29, 1.82) is 0 Å². The topological polar surface area (TPSA) is 59.8 Å². The second-order valence-electron chi connectivity index (χ2n) is 7.31. The lowest BCUT2D eigenvalue weighted by atomic mass is 10.1. The predicted octanol–water partition coefficient (Wildman–Crippen LogP) is 5.36. The molecule has 0 bridgehead atoms. The van der Waals surface area contributed by atoms with Crippen molar-refractivity contribution in [3.05, 3.63) is 64.1 Å². The Morgan fingerprint density at radius 1 is 1.13 bits per heavy atom. The molecule has 0 aliphatic rings. The average Bonchev–Trinajstić information content (AvgIpc) is 3.09. The van der Waals surface area contributed by atoms with E-state index in [2.05, 4.69) is 41.5 Å². The lowest BCUT2D eigenvalue weighted by Gasteiger charge is -2.13. The number of carbonyl (C=O) groups excluding carboxylic acids is 1. The fourth-order valence-corrected chi connectivity index (χ4v) is 4.24. The molecule has 1 N–H and O–H groups in total. The summed E-state index contributed by atoms with van der Waals surface area (Å²) in [5.74, 6) is 1.31. The van der Waals surface area contributed by atoms with E-state index in [1.807, 2.05) is 28.8 Å². The summed E-state index contributed by atoms with van der Waals surface area (Å²) in [4.78, 5) is 12.3. The van der Waals surface area contributed by atoms with Gasteiger partial charge in [0.05, 0.1) is 10.8 Å². The molecule has 1 aromatic heterocycles. The van der Waals surface area contributed by atoms with Crippen LogP contribution < -0.4 is 5.32 Å². The third-order valence-electron chi connectivity index (χ3n) is 4.35. The molecule has 0 radical (unpaired) electrons. The van der Waals surface area contributed by atoms with Gasteiger partial charge in [0.1, 0.15) is 0 Å². The summed E-state index contributed by atoms with van der Waals surface area (Å²) in [5.41, 5.74) is 1.97. The first kappa shape index (κ1) is 22.7. The molecule has 0 aliphatic carbocycles. The molecule has 3 aromatic rings. The largest absolute Gasteiger partial charge is 0.355 e. The van der Waals surface area contributed by atoms with Gasteiger partial charge in [-0.3, -0.25) is 4.79 Å². The smallest absolute Gasteiger partial charge is 0.230 e. The highest BCUT2D eigenvalue weighted by Crippen LogP contribution is 2.31. The monoisotopic (exact) mass is 462 g/mol. The van der Waals surface area contributed by atoms with E-state index < -0.39 is 0 Å². The number of hydrogen-bond acceptors (Lipinski definition) is 4. The first-order valence-electron chi connectivity index (χ1n) is 9.76. The molecule has 0 saturated carbocycles. The Balaban J connectivity index is 1.65. The Labute approximate surface area is 191 Å². The normalized spacial score (nSPS) is 11.1. The van der Waals surface area contributed by atoms with Gasteiger partial charge in [-0.15, -0.1) is 10.2 Å². The van der Waals surface area contributed by atoms with Crippen molar-refractivity contribution >= 4 is 40.9 Å². The van der Waals surface area contributed by atoms with Crippen molar-refractivity contribution in [2.75, 3.05) is 12.3 Å². The summed E-state index contributed by atoms with van der Waals surface area (Å²) in [6.07, 6.45) is 0.806. The molecule has 3 rings (SSSR count). The number of thioether (sulfide) groups is 1. The van der Waals surface area contributed by atoms with Crippen molar-refractivity contribution in [2.24, 2.45) is 5.92 Å². The summed E-state index contributed by atoms with van der Waals surface area (Å²) >= 11 is 13.8. The van der Waals surface area contributed by atoms with Gasteiger partial charge in [0.25, 0.3) is 0 Å². The van der Waals surface area contributed by atoms with Gasteiger partial charge in [0.2, 0.25) is 5.91 Å². The maximum Gasteiger partial charge on any atom is 0.230 e. The molecule has 2 aromatic carbocycles. The minimum atomic E-state index is -0.0268. The number of halogens is 2. The van der Waals surface area contributed by atoms with Gasteiger partial charge in [-0.2, -0.15) is 0 Å². The first-order chi connectivity index (χ1) is 14.4. The SMILES string of the molecule is CC(C)Cn1c(SCC(=O)NCCc2ccccc2)nnc1-c1ccc(Cl)cc1Cl. The van der Waals surface area contributed by atoms with Gasteiger partial charge in [0, 0.05) is 23.7 Å². The Bertz CT molecular complexity index is 992. The molecular formula is C22H24Cl2N4OS. The fourth-order valence-electron chi connectivity index (χ4n) is 2.97. The zero-order chi connectivity index (χ0) is 21.5. The number of nitrogens with zero attached hydrogens (tertiary/aromatic N) is 3. The minimum absolute atomic E-state index is 0.0268. The molecule has 0 saturated heterocycles.